The van der Waals surface area contributed by atoms with Gasteiger partial charge >= 0.3 is 0 Å². The third-order valence-electron chi connectivity index (χ3n) is 3.14. The van der Waals surface area contributed by atoms with Gasteiger partial charge in [0.2, 0.25) is 4.96 Å². The average Bonchev–Trinajstić information content (AvgIpc) is 3.12. The fourth-order valence-corrected chi connectivity index (χ4v) is 2.85. The summed E-state index contributed by atoms with van der Waals surface area (Å²) in [6.07, 6.45) is 0. The molecule has 3 rings (SSSR count). The van der Waals surface area contributed by atoms with E-state index in [0.717, 1.165) is 11.3 Å². The smallest absolute Gasteiger partial charge is 0.252 e. The van der Waals surface area contributed by atoms with Gasteiger partial charge in [-0.2, -0.15) is 4.98 Å². The monoisotopic (exact) mass is 350 g/mol. The molecule has 0 radical (unpaired) electrons. The standard InChI is InChI=1S/C15H15FN4O3S/c1-22-6-7-23-8-13(21)17-14-18-15-20(19-14)12(9-24-15)10-2-4-11(16)5-3-10/h2-5,9H,6-8H2,1H3,(H,17,19,21). The number of nitrogens with zero attached hydrogens (tertiary/aromatic N) is 3. The number of amides is 1. The molecular formula is C15H15FN4O3S. The normalized spacial score (nSPS) is 11.1. The van der Waals surface area contributed by atoms with Gasteiger partial charge in [0.15, 0.2) is 0 Å². The van der Waals surface area contributed by atoms with Crippen molar-refractivity contribution in [2.75, 3.05) is 32.2 Å². The number of thiazole rings is 1. The van der Waals surface area contributed by atoms with Crippen LogP contribution in [0.15, 0.2) is 29.6 Å². The maximum absolute atomic E-state index is 13.0. The van der Waals surface area contributed by atoms with E-state index in [9.17, 15) is 9.18 Å². The molecule has 0 fully saturated rings. The number of hydrogen-bond acceptors (Lipinski definition) is 6. The summed E-state index contributed by atoms with van der Waals surface area (Å²) >= 11 is 1.38. The summed E-state index contributed by atoms with van der Waals surface area (Å²) in [6, 6.07) is 6.10. The Kier molecular flexibility index (Phi) is 5.14. The number of carbonyl (C=O) groups is 1. The Morgan fingerprint density at radius 2 is 2.12 bits per heavy atom. The van der Waals surface area contributed by atoms with E-state index in [1.807, 2.05) is 5.38 Å². The van der Waals surface area contributed by atoms with Gasteiger partial charge in [0.05, 0.1) is 18.9 Å². The molecular weight excluding hydrogens is 335 g/mol. The lowest BCUT2D eigenvalue weighted by Gasteiger charge is -2.02. The predicted octanol–water partition coefficient (Wildman–Crippen LogP) is 2.20. The van der Waals surface area contributed by atoms with Crippen LogP contribution in [0.1, 0.15) is 0 Å². The number of ether oxygens (including phenoxy) is 2. The van der Waals surface area contributed by atoms with Crippen LogP contribution < -0.4 is 5.32 Å². The average molecular weight is 350 g/mol. The van der Waals surface area contributed by atoms with Gasteiger partial charge in [0.1, 0.15) is 12.4 Å². The summed E-state index contributed by atoms with van der Waals surface area (Å²) in [5, 5.41) is 8.72. The largest absolute Gasteiger partial charge is 0.382 e. The van der Waals surface area contributed by atoms with Gasteiger partial charge in [-0.05, 0) is 24.3 Å². The lowest BCUT2D eigenvalue weighted by Crippen LogP contribution is -2.20. The number of anilines is 1. The first-order valence-electron chi connectivity index (χ1n) is 7.14. The van der Waals surface area contributed by atoms with Gasteiger partial charge in [-0.15, -0.1) is 16.4 Å². The van der Waals surface area contributed by atoms with E-state index in [0.29, 0.717) is 18.2 Å². The van der Waals surface area contributed by atoms with Gasteiger partial charge < -0.3 is 9.47 Å². The fourth-order valence-electron chi connectivity index (χ4n) is 2.02. The Morgan fingerprint density at radius 3 is 2.88 bits per heavy atom. The Morgan fingerprint density at radius 1 is 1.33 bits per heavy atom. The summed E-state index contributed by atoms with van der Waals surface area (Å²) in [4.78, 5) is 16.6. The number of aromatic nitrogens is 3. The zero-order valence-corrected chi connectivity index (χ0v) is 13.7. The zero-order chi connectivity index (χ0) is 16.9. The fraction of sp³-hybridized carbons (Fsp3) is 0.267. The first kappa shape index (κ1) is 16.5. The Hall–Kier alpha value is -2.36. The highest BCUT2D eigenvalue weighted by Gasteiger charge is 2.13. The number of benzene rings is 1. The van der Waals surface area contributed by atoms with Gasteiger partial charge in [-0.3, -0.25) is 10.1 Å². The Bertz CT molecular complexity index is 831. The summed E-state index contributed by atoms with van der Waals surface area (Å²) in [7, 11) is 1.56. The highest BCUT2D eigenvalue weighted by Crippen LogP contribution is 2.25. The molecule has 0 aliphatic rings. The van der Waals surface area contributed by atoms with E-state index in [2.05, 4.69) is 15.4 Å². The van der Waals surface area contributed by atoms with Crippen molar-refractivity contribution in [1.82, 2.24) is 14.6 Å². The minimum absolute atomic E-state index is 0.0962. The molecule has 2 heterocycles. The van der Waals surface area contributed by atoms with Gasteiger partial charge in [0.25, 0.3) is 11.9 Å². The van der Waals surface area contributed by atoms with Crippen LogP contribution in [0.5, 0.6) is 0 Å². The van der Waals surface area contributed by atoms with Gasteiger partial charge in [0, 0.05) is 18.1 Å². The maximum atomic E-state index is 13.0. The van der Waals surface area contributed by atoms with Crippen molar-refractivity contribution < 1.29 is 18.7 Å². The van der Waals surface area contributed by atoms with Crippen LogP contribution in [-0.2, 0) is 14.3 Å². The van der Waals surface area contributed by atoms with Crippen molar-refractivity contribution in [3.05, 3.63) is 35.5 Å². The van der Waals surface area contributed by atoms with Crippen LogP contribution >= 0.6 is 11.3 Å². The summed E-state index contributed by atoms with van der Waals surface area (Å²) in [5.41, 5.74) is 1.59. The van der Waals surface area contributed by atoms with E-state index in [1.165, 1.54) is 23.5 Å². The van der Waals surface area contributed by atoms with Crippen LogP contribution in [0.4, 0.5) is 10.3 Å². The van der Waals surface area contributed by atoms with E-state index in [-0.39, 0.29) is 24.3 Å². The van der Waals surface area contributed by atoms with E-state index in [4.69, 9.17) is 9.47 Å². The molecule has 126 valence electrons. The van der Waals surface area contributed by atoms with Crippen molar-refractivity contribution in [1.29, 1.82) is 0 Å². The molecule has 0 unspecified atom stereocenters. The van der Waals surface area contributed by atoms with E-state index < -0.39 is 0 Å². The highest BCUT2D eigenvalue weighted by molar-refractivity contribution is 7.15. The van der Waals surface area contributed by atoms with Crippen molar-refractivity contribution in [3.63, 3.8) is 0 Å². The second kappa shape index (κ2) is 7.47. The highest BCUT2D eigenvalue weighted by atomic mass is 32.1. The zero-order valence-electron chi connectivity index (χ0n) is 12.9. The molecule has 9 heteroatoms. The first-order valence-corrected chi connectivity index (χ1v) is 8.02. The van der Waals surface area contributed by atoms with Crippen molar-refractivity contribution >= 4 is 28.2 Å². The lowest BCUT2D eigenvalue weighted by molar-refractivity contribution is -0.121. The number of nitrogens with one attached hydrogen (secondary N) is 1. The molecule has 24 heavy (non-hydrogen) atoms. The molecule has 0 aliphatic carbocycles. The summed E-state index contributed by atoms with van der Waals surface area (Å²) in [6.45, 7) is 0.665. The molecule has 0 atom stereocenters. The number of halogens is 1. The second-order valence-corrected chi connectivity index (χ2v) is 5.69. The second-order valence-electron chi connectivity index (χ2n) is 4.85. The maximum Gasteiger partial charge on any atom is 0.252 e. The third-order valence-corrected chi connectivity index (χ3v) is 3.95. The molecule has 1 amide bonds. The molecule has 0 spiro atoms. The molecule has 1 N–H and O–H groups in total. The molecule has 2 aromatic heterocycles. The van der Waals surface area contributed by atoms with Crippen LogP contribution in [0.2, 0.25) is 0 Å². The Labute approximate surface area is 141 Å². The van der Waals surface area contributed by atoms with Gasteiger partial charge in [-0.25, -0.2) is 8.91 Å². The van der Waals surface area contributed by atoms with Crippen LogP contribution in [0.3, 0.4) is 0 Å². The SMILES string of the molecule is COCCOCC(=O)Nc1nc2scc(-c3ccc(F)cc3)n2n1. The first-order chi connectivity index (χ1) is 11.7. The molecule has 1 aromatic carbocycles. The number of fused-ring (bicyclic) bond motifs is 1. The molecule has 0 saturated carbocycles. The quantitative estimate of drug-likeness (QED) is 0.661. The summed E-state index contributed by atoms with van der Waals surface area (Å²) in [5.74, 6) is -0.441. The van der Waals surface area contributed by atoms with Crippen LogP contribution in [-0.4, -0.2) is 47.4 Å². The summed E-state index contributed by atoms with van der Waals surface area (Å²) < 4.78 is 24.6. The lowest BCUT2D eigenvalue weighted by atomic mass is 10.2. The molecule has 3 aromatic rings. The van der Waals surface area contributed by atoms with E-state index in [1.54, 1.807) is 23.8 Å². The molecule has 7 nitrogen and oxygen atoms in total. The number of hydrogen-bond donors (Lipinski definition) is 1. The molecule has 0 bridgehead atoms. The molecule has 0 saturated heterocycles. The van der Waals surface area contributed by atoms with Crippen molar-refractivity contribution in [2.24, 2.45) is 0 Å². The van der Waals surface area contributed by atoms with Gasteiger partial charge in [-0.1, -0.05) is 0 Å². The number of methoxy groups -OCH3 is 1. The minimum Gasteiger partial charge on any atom is -0.382 e. The minimum atomic E-state index is -0.340. The molecule has 0 aliphatic heterocycles. The van der Waals surface area contributed by atoms with Crippen LogP contribution in [0, 0.1) is 5.82 Å². The van der Waals surface area contributed by atoms with Crippen molar-refractivity contribution in [2.45, 2.75) is 0 Å². The number of carbonyl (C=O) groups excluding carboxylic acids is 1. The predicted molar refractivity (Wildman–Crippen MR) is 87.6 cm³/mol. The number of rotatable bonds is 7. The van der Waals surface area contributed by atoms with Crippen molar-refractivity contribution in [3.8, 4) is 11.3 Å². The van der Waals surface area contributed by atoms with E-state index >= 15 is 0 Å². The Balaban J connectivity index is 1.70. The third kappa shape index (κ3) is 3.75. The topological polar surface area (TPSA) is 77.8 Å². The van der Waals surface area contributed by atoms with Crippen LogP contribution in [0.25, 0.3) is 16.2 Å².